The zero-order valence-corrected chi connectivity index (χ0v) is 5.88. The van der Waals surface area contributed by atoms with Crippen LogP contribution in [0.5, 0.6) is 0 Å². The standard InChI is InChI=1S/B.4ClH.FH/h;5*1H. The van der Waals surface area contributed by atoms with Gasteiger partial charge in [-0.2, -0.15) is 0 Å². The molecule has 0 aromatic rings. The molecule has 0 saturated heterocycles. The Morgan fingerprint density at radius 2 is 0.500 bits per heavy atom. The van der Waals surface area contributed by atoms with Gasteiger partial charge in [-0.15, -0.1) is 49.6 Å². The summed E-state index contributed by atoms with van der Waals surface area (Å²) in [6, 6.07) is 0. The molecule has 0 aliphatic carbocycles. The minimum atomic E-state index is 0. The average Bonchev–Trinajstić information content (AvgIpc) is 0. The lowest BCUT2D eigenvalue weighted by Crippen LogP contribution is -0.381. The second-order valence-corrected chi connectivity index (χ2v) is 0. The Kier molecular flexibility index (Phi) is 4150. The maximum atomic E-state index is 0. The largest absolute Gasteiger partial charge is 0.269 e. The highest BCUT2D eigenvalue weighted by Crippen LogP contribution is 0.693. The van der Waals surface area contributed by atoms with Crippen molar-refractivity contribution in [2.75, 3.05) is 0 Å². The first-order valence-electron chi connectivity index (χ1n) is 0. The highest BCUT2D eigenvalue weighted by atomic mass is 35.5. The minimum Gasteiger partial charge on any atom is -0.269 e. The van der Waals surface area contributed by atoms with Crippen LogP contribution in [0.3, 0.4) is 0 Å². The summed E-state index contributed by atoms with van der Waals surface area (Å²) in [6.45, 7) is 0. The Morgan fingerprint density at radius 3 is 0.500 bits per heavy atom. The van der Waals surface area contributed by atoms with E-state index in [0.29, 0.717) is 0 Å². The zero-order valence-electron chi connectivity index (χ0n) is 2.62. The lowest BCUT2D eigenvalue weighted by Gasteiger charge is -0.269. The summed E-state index contributed by atoms with van der Waals surface area (Å²) < 4.78 is 0. The van der Waals surface area contributed by atoms with Crippen LogP contribution in [0.25, 0.3) is 0 Å². The Hall–Kier alpha value is 1.15. The summed E-state index contributed by atoms with van der Waals surface area (Å²) in [5.41, 5.74) is 0. The predicted octanol–water partition coefficient (Wildman–Crippen LogP) is 1.46. The van der Waals surface area contributed by atoms with Gasteiger partial charge < -0.3 is 0 Å². The molecular formula is H5BCl4F. The maximum absolute atomic E-state index is 0. The second-order valence-electron chi connectivity index (χ2n) is 0. The third-order valence-corrected chi connectivity index (χ3v) is 0. The van der Waals surface area contributed by atoms with Gasteiger partial charge in [-0.05, 0) is 0 Å². The minimum absolute atomic E-state index is 0. The number of hydrogen-bond acceptors (Lipinski definition) is 0. The van der Waals surface area contributed by atoms with Gasteiger partial charge in [-0.1, -0.05) is 0 Å². The molecule has 3 radical (unpaired) electrons. The van der Waals surface area contributed by atoms with Crippen LogP contribution in [0.4, 0.5) is 4.70 Å². The number of rotatable bonds is 0. The van der Waals surface area contributed by atoms with Crippen LogP contribution >= 0.6 is 49.6 Å². The van der Waals surface area contributed by atoms with Crippen molar-refractivity contribution in [2.24, 2.45) is 0 Å². The lowest BCUT2D eigenvalue weighted by molar-refractivity contribution is 1.11. The second kappa shape index (κ2) is 123. The highest BCUT2D eigenvalue weighted by Gasteiger charge is 0.0000318. The van der Waals surface area contributed by atoms with E-state index in [1.54, 1.807) is 0 Å². The van der Waals surface area contributed by atoms with E-state index in [-0.39, 0.29) is 62.7 Å². The van der Waals surface area contributed by atoms with E-state index >= 15 is 0 Å². The molecule has 0 aromatic heterocycles. The molecule has 0 heterocycles. The van der Waals surface area contributed by atoms with Crippen LogP contribution < -0.4 is 0 Å². The van der Waals surface area contributed by atoms with Gasteiger partial charge in [0.2, 0.25) is 0 Å². The fraction of sp³-hybridized carbons (Fsp3) is 0. The van der Waals surface area contributed by atoms with Crippen molar-refractivity contribution in [1.29, 1.82) is 0 Å². The van der Waals surface area contributed by atoms with Gasteiger partial charge in [0.1, 0.15) is 0 Å². The summed E-state index contributed by atoms with van der Waals surface area (Å²) in [4.78, 5) is 0. The Bertz CT molecular complexity index is 7.51. The van der Waals surface area contributed by atoms with E-state index < -0.39 is 0 Å². The van der Waals surface area contributed by atoms with Crippen molar-refractivity contribution < 1.29 is 4.70 Å². The van der Waals surface area contributed by atoms with Crippen molar-refractivity contribution >= 4 is 58.0 Å². The van der Waals surface area contributed by atoms with Crippen molar-refractivity contribution in [3.8, 4) is 0 Å². The van der Waals surface area contributed by atoms with Crippen LogP contribution in [0, 0.1) is 0 Å². The maximum Gasteiger partial charge on any atom is 0 e. The Balaban J connectivity index is 0. The normalized spacial score (nSPS) is 0. The molecule has 6 heavy (non-hydrogen) atoms. The molecule has 0 atom stereocenters. The Morgan fingerprint density at radius 1 is 0.500 bits per heavy atom. The molecular weight excluding hydrogens is 172 g/mol. The molecule has 0 aliphatic heterocycles. The van der Waals surface area contributed by atoms with Gasteiger partial charge in [-0.3, -0.25) is 4.70 Å². The van der Waals surface area contributed by atoms with Crippen LogP contribution in [0.1, 0.15) is 0 Å². The van der Waals surface area contributed by atoms with Crippen LogP contribution in [0.15, 0.2) is 0 Å². The predicted molar refractivity (Wildman–Crippen MR) is 37.2 cm³/mol. The van der Waals surface area contributed by atoms with Crippen molar-refractivity contribution in [2.45, 2.75) is 0 Å². The summed E-state index contributed by atoms with van der Waals surface area (Å²) in [7, 11) is 0. The van der Waals surface area contributed by atoms with E-state index in [2.05, 4.69) is 0 Å². The molecule has 0 aromatic carbocycles. The third-order valence-electron chi connectivity index (χ3n) is 0. The van der Waals surface area contributed by atoms with E-state index in [1.807, 2.05) is 0 Å². The average molecular weight is 177 g/mol. The molecule has 0 fully saturated rings. The molecule has 0 amide bonds. The Labute approximate surface area is 63.0 Å². The van der Waals surface area contributed by atoms with E-state index in [1.165, 1.54) is 0 Å². The van der Waals surface area contributed by atoms with Gasteiger partial charge in [0.25, 0.3) is 0 Å². The van der Waals surface area contributed by atoms with Gasteiger partial charge in [0.15, 0.2) is 0 Å². The van der Waals surface area contributed by atoms with Crippen LogP contribution in [0.2, 0.25) is 0 Å². The van der Waals surface area contributed by atoms with E-state index in [4.69, 9.17) is 0 Å². The molecule has 0 aliphatic rings. The summed E-state index contributed by atoms with van der Waals surface area (Å²) in [6.07, 6.45) is 0. The molecule has 0 N–H and O–H groups in total. The lowest BCUT2D eigenvalue weighted by atomic mass is 10.8. The molecule has 0 rings (SSSR count). The zero-order chi connectivity index (χ0) is 0. The van der Waals surface area contributed by atoms with Crippen molar-refractivity contribution in [1.82, 2.24) is 0 Å². The van der Waals surface area contributed by atoms with Gasteiger partial charge in [0, 0.05) is 8.41 Å². The molecule has 0 spiro atoms. The first-order chi connectivity index (χ1) is 0. The van der Waals surface area contributed by atoms with Crippen LogP contribution in [-0.2, 0) is 0 Å². The van der Waals surface area contributed by atoms with Crippen molar-refractivity contribution in [3.63, 3.8) is 0 Å². The summed E-state index contributed by atoms with van der Waals surface area (Å²) in [5.74, 6) is 0. The van der Waals surface area contributed by atoms with E-state index in [9.17, 15) is 0 Å². The molecule has 43 valence electrons. The van der Waals surface area contributed by atoms with Gasteiger partial charge >= 0.3 is 0 Å². The number of hydrogen-bond donors (Lipinski definition) is 0. The molecule has 0 bridgehead atoms. The van der Waals surface area contributed by atoms with Gasteiger partial charge in [-0.25, -0.2) is 0 Å². The molecule has 0 saturated carbocycles. The topological polar surface area (TPSA) is 0 Å². The fourth-order valence-corrected chi connectivity index (χ4v) is 0. The smallest absolute Gasteiger partial charge is 0 e. The monoisotopic (exact) mass is 175 g/mol. The molecule has 0 nitrogen and oxygen atoms in total. The van der Waals surface area contributed by atoms with Gasteiger partial charge in [0.05, 0.1) is 0 Å². The summed E-state index contributed by atoms with van der Waals surface area (Å²) >= 11 is 0. The van der Waals surface area contributed by atoms with E-state index in [0.717, 1.165) is 0 Å². The first kappa shape index (κ1) is 203. The number of halogens is 5. The fourth-order valence-electron chi connectivity index (χ4n) is 0. The summed E-state index contributed by atoms with van der Waals surface area (Å²) in [5, 5.41) is 0. The quantitative estimate of drug-likeness (QED) is 0.491. The first-order valence-corrected chi connectivity index (χ1v) is 0. The van der Waals surface area contributed by atoms with Crippen LogP contribution in [-0.4, -0.2) is 8.41 Å². The molecule has 6 heteroatoms. The molecule has 0 unspecified atom stereocenters. The highest BCUT2D eigenvalue weighted by molar-refractivity contribution is 5.86. The van der Waals surface area contributed by atoms with Crippen molar-refractivity contribution in [3.05, 3.63) is 0 Å². The third kappa shape index (κ3) is 66.7. The SMILES string of the molecule is Cl.Cl.Cl.Cl.F.[B].